The molecule has 0 atom stereocenters. The van der Waals surface area contributed by atoms with Gasteiger partial charge in [-0.05, 0) is 24.3 Å². The Hall–Kier alpha value is -1.82. The number of ether oxygens (including phenoxy) is 1. The Balaban J connectivity index is 2.08. The summed E-state index contributed by atoms with van der Waals surface area (Å²) in [6.07, 6.45) is 1.38. The van der Waals surface area contributed by atoms with Crippen LogP contribution in [0.3, 0.4) is 0 Å². The summed E-state index contributed by atoms with van der Waals surface area (Å²) < 4.78 is 35.4. The van der Waals surface area contributed by atoms with Gasteiger partial charge >= 0.3 is 5.97 Å². The molecule has 0 aliphatic rings. The zero-order valence-electron chi connectivity index (χ0n) is 9.98. The first kappa shape index (κ1) is 13.6. The topological polar surface area (TPSA) is 39.4 Å². The van der Waals surface area contributed by atoms with Crippen molar-refractivity contribution in [3.05, 3.63) is 53.5 Å². The third-order valence-corrected chi connectivity index (χ3v) is 3.45. The number of halogens is 2. The highest BCUT2D eigenvalue weighted by atomic mass is 32.2. The molecule has 0 saturated carbocycles. The van der Waals surface area contributed by atoms with Gasteiger partial charge in [-0.25, -0.2) is 13.6 Å². The molecule has 2 aromatic rings. The molecule has 0 unspecified atom stereocenters. The minimum absolute atomic E-state index is 0.123. The summed E-state index contributed by atoms with van der Waals surface area (Å²) >= 11 is 1.27. The third kappa shape index (κ3) is 3.14. The fourth-order valence-corrected chi connectivity index (χ4v) is 2.35. The van der Waals surface area contributed by atoms with Crippen molar-refractivity contribution < 1.29 is 22.7 Å². The first-order valence-corrected chi connectivity index (χ1v) is 6.33. The molecule has 0 N–H and O–H groups in total. The molecule has 3 nitrogen and oxygen atoms in total. The van der Waals surface area contributed by atoms with Gasteiger partial charge in [0.25, 0.3) is 0 Å². The Bertz CT molecular complexity index is 595. The lowest BCUT2D eigenvalue weighted by Gasteiger charge is -2.02. The summed E-state index contributed by atoms with van der Waals surface area (Å²) in [5.74, 6) is -1.83. The molecule has 0 saturated heterocycles. The van der Waals surface area contributed by atoms with Gasteiger partial charge in [0.15, 0.2) is 11.6 Å². The highest BCUT2D eigenvalue weighted by Crippen LogP contribution is 2.26. The van der Waals surface area contributed by atoms with Crippen LogP contribution in [0.1, 0.15) is 16.1 Å². The van der Waals surface area contributed by atoms with E-state index in [9.17, 15) is 13.6 Å². The van der Waals surface area contributed by atoms with Crippen LogP contribution in [0.5, 0.6) is 0 Å². The number of methoxy groups -OCH3 is 1. The normalized spacial score (nSPS) is 10.5. The standard InChI is InChI=1S/C13H10F2O3S/c1-17-13(16)12-8(4-5-18-12)7-19-9-2-3-10(14)11(15)6-9/h2-6H,7H2,1H3. The molecule has 0 aliphatic carbocycles. The molecule has 0 spiro atoms. The van der Waals surface area contributed by atoms with Gasteiger partial charge in [0.1, 0.15) is 0 Å². The van der Waals surface area contributed by atoms with Gasteiger partial charge in [-0.2, -0.15) is 0 Å². The van der Waals surface area contributed by atoms with E-state index in [-0.39, 0.29) is 5.76 Å². The van der Waals surface area contributed by atoms with Gasteiger partial charge in [-0.1, -0.05) is 0 Å². The Kier molecular flexibility index (Phi) is 4.21. The Morgan fingerprint density at radius 1 is 1.32 bits per heavy atom. The van der Waals surface area contributed by atoms with Crippen molar-refractivity contribution in [2.24, 2.45) is 0 Å². The number of benzene rings is 1. The molecular formula is C13H10F2O3S. The monoisotopic (exact) mass is 284 g/mol. The molecule has 1 aromatic heterocycles. The molecule has 0 bridgehead atoms. The van der Waals surface area contributed by atoms with E-state index < -0.39 is 17.6 Å². The summed E-state index contributed by atoms with van der Waals surface area (Å²) in [4.78, 5) is 11.9. The number of carbonyl (C=O) groups excluding carboxylic acids is 1. The minimum Gasteiger partial charge on any atom is -0.463 e. The van der Waals surface area contributed by atoms with Gasteiger partial charge in [0.05, 0.1) is 13.4 Å². The maximum absolute atomic E-state index is 13.0. The van der Waals surface area contributed by atoms with Crippen LogP contribution in [0.25, 0.3) is 0 Å². The predicted octanol–water partition coefficient (Wildman–Crippen LogP) is 3.64. The van der Waals surface area contributed by atoms with Crippen molar-refractivity contribution >= 4 is 17.7 Å². The van der Waals surface area contributed by atoms with Gasteiger partial charge < -0.3 is 9.15 Å². The molecular weight excluding hydrogens is 274 g/mol. The van der Waals surface area contributed by atoms with Crippen LogP contribution in [0.15, 0.2) is 39.8 Å². The zero-order valence-corrected chi connectivity index (χ0v) is 10.8. The number of thioether (sulfide) groups is 1. The van der Waals surface area contributed by atoms with E-state index in [1.54, 1.807) is 6.07 Å². The van der Waals surface area contributed by atoms with Crippen molar-refractivity contribution in [1.29, 1.82) is 0 Å². The van der Waals surface area contributed by atoms with E-state index >= 15 is 0 Å². The fraction of sp³-hybridized carbons (Fsp3) is 0.154. The molecule has 0 amide bonds. The number of furan rings is 1. The first-order valence-electron chi connectivity index (χ1n) is 5.34. The molecule has 1 heterocycles. The average Bonchev–Trinajstić information content (AvgIpc) is 2.87. The number of esters is 1. The number of hydrogen-bond acceptors (Lipinski definition) is 4. The number of rotatable bonds is 4. The Morgan fingerprint density at radius 2 is 2.11 bits per heavy atom. The molecule has 1 aromatic carbocycles. The van der Waals surface area contributed by atoms with E-state index in [0.29, 0.717) is 16.2 Å². The Morgan fingerprint density at radius 3 is 2.79 bits per heavy atom. The molecule has 19 heavy (non-hydrogen) atoms. The van der Waals surface area contributed by atoms with E-state index in [2.05, 4.69) is 4.74 Å². The lowest BCUT2D eigenvalue weighted by atomic mass is 10.3. The van der Waals surface area contributed by atoms with Crippen molar-refractivity contribution in [3.8, 4) is 0 Å². The second-order valence-corrected chi connectivity index (χ2v) is 4.68. The van der Waals surface area contributed by atoms with Crippen molar-refractivity contribution in [1.82, 2.24) is 0 Å². The van der Waals surface area contributed by atoms with Gasteiger partial charge in [-0.15, -0.1) is 11.8 Å². The van der Waals surface area contributed by atoms with Crippen LogP contribution in [0.2, 0.25) is 0 Å². The molecule has 100 valence electrons. The largest absolute Gasteiger partial charge is 0.463 e. The molecule has 0 radical (unpaired) electrons. The zero-order chi connectivity index (χ0) is 13.8. The summed E-state index contributed by atoms with van der Waals surface area (Å²) in [5, 5.41) is 0. The minimum atomic E-state index is -0.898. The van der Waals surface area contributed by atoms with Crippen LogP contribution in [-0.4, -0.2) is 13.1 Å². The quantitative estimate of drug-likeness (QED) is 0.635. The maximum Gasteiger partial charge on any atom is 0.374 e. The SMILES string of the molecule is COC(=O)c1occc1CSc1ccc(F)c(F)c1. The fourth-order valence-electron chi connectivity index (χ4n) is 1.45. The molecule has 2 rings (SSSR count). The third-order valence-electron chi connectivity index (χ3n) is 2.40. The molecule has 0 fully saturated rings. The number of hydrogen-bond donors (Lipinski definition) is 0. The van der Waals surface area contributed by atoms with E-state index in [1.165, 1.54) is 31.2 Å². The van der Waals surface area contributed by atoms with Crippen molar-refractivity contribution in [3.63, 3.8) is 0 Å². The highest BCUT2D eigenvalue weighted by molar-refractivity contribution is 7.98. The van der Waals surface area contributed by atoms with Crippen LogP contribution in [0.4, 0.5) is 8.78 Å². The van der Waals surface area contributed by atoms with Crippen molar-refractivity contribution in [2.75, 3.05) is 7.11 Å². The van der Waals surface area contributed by atoms with E-state index in [0.717, 1.165) is 12.1 Å². The summed E-state index contributed by atoms with van der Waals surface area (Å²) in [6, 6.07) is 5.28. The van der Waals surface area contributed by atoms with E-state index in [1.807, 2.05) is 0 Å². The Labute approximate surface area is 112 Å². The van der Waals surface area contributed by atoms with Crippen LogP contribution in [0, 0.1) is 11.6 Å². The van der Waals surface area contributed by atoms with Gasteiger partial charge in [0.2, 0.25) is 5.76 Å². The second kappa shape index (κ2) is 5.88. The van der Waals surface area contributed by atoms with Crippen LogP contribution in [-0.2, 0) is 10.5 Å². The van der Waals surface area contributed by atoms with E-state index in [4.69, 9.17) is 4.42 Å². The van der Waals surface area contributed by atoms with Gasteiger partial charge in [-0.3, -0.25) is 0 Å². The lowest BCUT2D eigenvalue weighted by Crippen LogP contribution is -2.02. The smallest absolute Gasteiger partial charge is 0.374 e. The van der Waals surface area contributed by atoms with Crippen molar-refractivity contribution in [2.45, 2.75) is 10.6 Å². The summed E-state index contributed by atoms with van der Waals surface area (Å²) in [7, 11) is 1.26. The lowest BCUT2D eigenvalue weighted by molar-refractivity contribution is 0.0564. The second-order valence-electron chi connectivity index (χ2n) is 3.63. The van der Waals surface area contributed by atoms with Crippen LogP contribution >= 0.6 is 11.8 Å². The van der Waals surface area contributed by atoms with Gasteiger partial charge in [0, 0.05) is 16.2 Å². The molecule has 6 heteroatoms. The number of carbonyl (C=O) groups is 1. The highest BCUT2D eigenvalue weighted by Gasteiger charge is 2.15. The average molecular weight is 284 g/mol. The maximum atomic E-state index is 13.0. The predicted molar refractivity (Wildman–Crippen MR) is 66.0 cm³/mol. The molecule has 0 aliphatic heterocycles. The first-order chi connectivity index (χ1) is 9.11. The van der Waals surface area contributed by atoms with Crippen LogP contribution < -0.4 is 0 Å². The summed E-state index contributed by atoms with van der Waals surface area (Å²) in [5.41, 5.74) is 0.640. The summed E-state index contributed by atoms with van der Waals surface area (Å²) in [6.45, 7) is 0.